The number of aromatic nitrogens is 1. The van der Waals surface area contributed by atoms with Crippen molar-refractivity contribution in [1.82, 2.24) is 14.2 Å². The van der Waals surface area contributed by atoms with E-state index in [0.29, 0.717) is 13.1 Å². The second-order valence-corrected chi connectivity index (χ2v) is 9.02. The summed E-state index contributed by atoms with van der Waals surface area (Å²) < 4.78 is 28.6. The summed E-state index contributed by atoms with van der Waals surface area (Å²) in [5.41, 5.74) is 0.461. The van der Waals surface area contributed by atoms with Gasteiger partial charge in [0.1, 0.15) is 6.54 Å². The van der Waals surface area contributed by atoms with Gasteiger partial charge in [-0.1, -0.05) is 48.0 Å². The van der Waals surface area contributed by atoms with Crippen LogP contribution in [-0.2, 0) is 21.4 Å². The number of hydrogen-bond donors (Lipinski definition) is 1. The molecule has 0 spiro atoms. The van der Waals surface area contributed by atoms with Crippen molar-refractivity contribution in [3.05, 3.63) is 63.0 Å². The third-order valence-corrected chi connectivity index (χ3v) is 7.12. The first-order valence-electron chi connectivity index (χ1n) is 8.95. The normalized spacial score (nSPS) is 12.8. The third kappa shape index (κ3) is 5.09. The van der Waals surface area contributed by atoms with Crippen LogP contribution >= 0.6 is 15.9 Å². The van der Waals surface area contributed by atoms with Gasteiger partial charge >= 0.3 is 0 Å². The van der Waals surface area contributed by atoms with Gasteiger partial charge in [0.2, 0.25) is 15.9 Å². The van der Waals surface area contributed by atoms with Crippen LogP contribution in [0.4, 0.5) is 0 Å². The fourth-order valence-corrected chi connectivity index (χ4v) is 4.95. The molecule has 0 aliphatic heterocycles. The molecule has 1 unspecified atom stereocenters. The highest BCUT2D eigenvalue weighted by Crippen LogP contribution is 2.22. The minimum Gasteiger partial charge on any atom is -0.348 e. The van der Waals surface area contributed by atoms with E-state index in [0.717, 1.165) is 14.6 Å². The number of nitrogens with zero attached hydrogens (tertiary/aromatic N) is 2. The minimum atomic E-state index is -3.71. The summed E-state index contributed by atoms with van der Waals surface area (Å²) in [4.78, 5) is 24.5. The van der Waals surface area contributed by atoms with E-state index in [9.17, 15) is 18.0 Å². The van der Waals surface area contributed by atoms with Gasteiger partial charge < -0.3 is 9.88 Å². The number of pyridine rings is 1. The molecule has 7 nitrogen and oxygen atoms in total. The first-order chi connectivity index (χ1) is 13.2. The fourth-order valence-electron chi connectivity index (χ4n) is 2.84. The van der Waals surface area contributed by atoms with Gasteiger partial charge in [0.05, 0.1) is 10.9 Å². The molecule has 0 aliphatic carbocycles. The molecular weight excluding hydrogens is 446 g/mol. The highest BCUT2D eigenvalue weighted by Gasteiger charge is 2.22. The summed E-state index contributed by atoms with van der Waals surface area (Å²) >= 11 is 3.45. The number of carbonyl (C=O) groups is 1. The van der Waals surface area contributed by atoms with Crippen molar-refractivity contribution in [3.63, 3.8) is 0 Å². The van der Waals surface area contributed by atoms with Crippen molar-refractivity contribution in [1.29, 1.82) is 0 Å². The van der Waals surface area contributed by atoms with Crippen molar-refractivity contribution in [2.75, 3.05) is 13.1 Å². The van der Waals surface area contributed by atoms with E-state index in [-0.39, 0.29) is 23.4 Å². The monoisotopic (exact) mass is 469 g/mol. The minimum absolute atomic E-state index is 0.0116. The molecule has 2 aromatic rings. The van der Waals surface area contributed by atoms with Gasteiger partial charge in [0.15, 0.2) is 0 Å². The smallest absolute Gasteiger partial charge is 0.251 e. The number of amides is 1. The molecule has 152 valence electrons. The van der Waals surface area contributed by atoms with Crippen molar-refractivity contribution >= 4 is 31.9 Å². The molecule has 0 saturated carbocycles. The maximum absolute atomic E-state index is 12.6. The lowest BCUT2D eigenvalue weighted by molar-refractivity contribution is -0.122. The average Bonchev–Trinajstić information content (AvgIpc) is 2.64. The van der Waals surface area contributed by atoms with E-state index in [1.165, 1.54) is 22.6 Å². The molecule has 1 heterocycles. The Bertz CT molecular complexity index is 1000. The number of benzene rings is 1. The van der Waals surface area contributed by atoms with Gasteiger partial charge in [-0.2, -0.15) is 4.31 Å². The molecule has 1 N–H and O–H groups in total. The van der Waals surface area contributed by atoms with Gasteiger partial charge in [-0.05, 0) is 24.6 Å². The summed E-state index contributed by atoms with van der Waals surface area (Å²) in [6.07, 6.45) is 1.22. The maximum Gasteiger partial charge on any atom is 0.251 e. The predicted molar refractivity (Wildman–Crippen MR) is 112 cm³/mol. The quantitative estimate of drug-likeness (QED) is 0.642. The Morgan fingerprint density at radius 1 is 1.18 bits per heavy atom. The van der Waals surface area contributed by atoms with Crippen LogP contribution in [0.3, 0.4) is 0 Å². The van der Waals surface area contributed by atoms with E-state index in [1.807, 2.05) is 31.2 Å². The van der Waals surface area contributed by atoms with Crippen LogP contribution in [0.15, 0.2) is 56.8 Å². The number of sulfonamides is 1. The van der Waals surface area contributed by atoms with Crippen LogP contribution in [-0.4, -0.2) is 36.3 Å². The zero-order valence-corrected chi connectivity index (χ0v) is 18.5. The fraction of sp³-hybridized carbons (Fsp3) is 0.368. The molecule has 28 heavy (non-hydrogen) atoms. The number of hydrogen-bond acceptors (Lipinski definition) is 4. The van der Waals surface area contributed by atoms with Crippen LogP contribution in [0.5, 0.6) is 0 Å². The lowest BCUT2D eigenvalue weighted by Crippen LogP contribution is -2.35. The van der Waals surface area contributed by atoms with Crippen LogP contribution in [0.25, 0.3) is 0 Å². The van der Waals surface area contributed by atoms with E-state index in [1.54, 1.807) is 13.8 Å². The molecule has 0 saturated heterocycles. The van der Waals surface area contributed by atoms with Crippen molar-refractivity contribution in [2.45, 2.75) is 38.3 Å². The Morgan fingerprint density at radius 2 is 1.82 bits per heavy atom. The van der Waals surface area contributed by atoms with Crippen molar-refractivity contribution < 1.29 is 13.2 Å². The lowest BCUT2D eigenvalue weighted by atomic mass is 10.1. The van der Waals surface area contributed by atoms with E-state index < -0.39 is 15.6 Å². The largest absolute Gasteiger partial charge is 0.348 e. The molecule has 1 amide bonds. The molecule has 0 aliphatic rings. The number of nitrogens with one attached hydrogen (secondary N) is 1. The molecular formula is C19H24BrN3O4S. The molecule has 1 atom stereocenters. The maximum atomic E-state index is 12.6. The molecule has 0 fully saturated rings. The topological polar surface area (TPSA) is 88.5 Å². The highest BCUT2D eigenvalue weighted by molar-refractivity contribution is 9.10. The van der Waals surface area contributed by atoms with Crippen LogP contribution < -0.4 is 10.9 Å². The van der Waals surface area contributed by atoms with Gasteiger partial charge in [-0.3, -0.25) is 9.59 Å². The Balaban J connectivity index is 2.21. The highest BCUT2D eigenvalue weighted by atomic mass is 79.9. The Morgan fingerprint density at radius 3 is 2.43 bits per heavy atom. The Hall–Kier alpha value is -1.97. The molecule has 1 aromatic carbocycles. The first-order valence-corrected chi connectivity index (χ1v) is 11.2. The van der Waals surface area contributed by atoms with Crippen LogP contribution in [0.1, 0.15) is 32.4 Å². The van der Waals surface area contributed by atoms with E-state index in [2.05, 4.69) is 21.2 Å². The van der Waals surface area contributed by atoms with Gasteiger partial charge in [0, 0.05) is 29.8 Å². The molecule has 0 radical (unpaired) electrons. The van der Waals surface area contributed by atoms with Crippen LogP contribution in [0.2, 0.25) is 0 Å². The lowest BCUT2D eigenvalue weighted by Gasteiger charge is -2.19. The zero-order chi connectivity index (χ0) is 20.9. The second kappa shape index (κ2) is 9.49. The summed E-state index contributed by atoms with van der Waals surface area (Å²) in [5, 5.41) is 2.83. The number of rotatable bonds is 8. The number of carbonyl (C=O) groups excluding carboxylic acids is 1. The SMILES string of the molecule is CCN(CC)S(=O)(=O)c1ccc(=O)n(CC(=O)NC(C)c2ccccc2Br)c1. The zero-order valence-electron chi connectivity index (χ0n) is 16.1. The summed E-state index contributed by atoms with van der Waals surface area (Å²) in [6.45, 7) is 5.70. The van der Waals surface area contributed by atoms with Crippen LogP contribution in [0, 0.1) is 0 Å². The standard InChI is InChI=1S/C19H24BrN3O4S/c1-4-23(5-2)28(26,27)15-10-11-19(25)22(12-15)13-18(24)21-14(3)16-8-6-7-9-17(16)20/h6-12,14H,4-5,13H2,1-3H3,(H,21,24). The van der Waals surface area contributed by atoms with Gasteiger partial charge in [0.25, 0.3) is 5.56 Å². The predicted octanol–water partition coefficient (Wildman–Crippen LogP) is 2.52. The van der Waals surface area contributed by atoms with Crippen molar-refractivity contribution in [3.8, 4) is 0 Å². The molecule has 2 rings (SSSR count). The van der Waals surface area contributed by atoms with Gasteiger partial charge in [-0.15, -0.1) is 0 Å². The summed E-state index contributed by atoms with van der Waals surface area (Å²) in [6, 6.07) is 9.68. The van der Waals surface area contributed by atoms with Gasteiger partial charge in [-0.25, -0.2) is 8.42 Å². The molecule has 1 aromatic heterocycles. The van der Waals surface area contributed by atoms with E-state index >= 15 is 0 Å². The summed E-state index contributed by atoms with van der Waals surface area (Å²) in [5.74, 6) is -0.386. The number of halogens is 1. The van der Waals surface area contributed by atoms with Crippen molar-refractivity contribution in [2.24, 2.45) is 0 Å². The second-order valence-electron chi connectivity index (χ2n) is 6.23. The average molecular weight is 470 g/mol. The third-order valence-electron chi connectivity index (χ3n) is 4.36. The Labute approximate surface area is 173 Å². The Kier molecular flexibility index (Phi) is 7.56. The van der Waals surface area contributed by atoms with E-state index in [4.69, 9.17) is 0 Å². The summed E-state index contributed by atoms with van der Waals surface area (Å²) in [7, 11) is -3.71. The molecule has 0 bridgehead atoms. The first kappa shape index (κ1) is 22.3. The molecule has 9 heteroatoms.